The minimum absolute atomic E-state index is 0.465. The first kappa shape index (κ1) is 7.16. The molecule has 3 nitrogen and oxygen atoms in total. The average Bonchev–Trinajstić information content (AvgIpc) is 2.47. The zero-order valence-electron chi connectivity index (χ0n) is 6.87. The molecule has 0 aliphatic heterocycles. The van der Waals surface area contributed by atoms with Crippen molar-refractivity contribution >= 4 is 16.8 Å². The van der Waals surface area contributed by atoms with Gasteiger partial charge < -0.3 is 10.3 Å². The average molecular weight is 162 g/mol. The van der Waals surface area contributed by atoms with Crippen LogP contribution in [0.1, 0.15) is 12.5 Å². The van der Waals surface area contributed by atoms with Gasteiger partial charge in [-0.15, -0.1) is 0 Å². The fraction of sp³-hybridized carbons (Fsp3) is 0.222. The molecule has 0 fully saturated rings. The van der Waals surface area contributed by atoms with Gasteiger partial charge in [-0.1, -0.05) is 18.1 Å². The summed E-state index contributed by atoms with van der Waals surface area (Å²) in [6.45, 7) is 2.10. The highest BCUT2D eigenvalue weighted by atomic mass is 16.5. The highest BCUT2D eigenvalue weighted by Gasteiger charge is 2.03. The Hall–Kier alpha value is -1.51. The summed E-state index contributed by atoms with van der Waals surface area (Å²) in [4.78, 5) is 0. The summed E-state index contributed by atoms with van der Waals surface area (Å²) in [6, 6.07) is 5.95. The molecule has 2 rings (SSSR count). The van der Waals surface area contributed by atoms with Crippen molar-refractivity contribution in [3.05, 3.63) is 23.8 Å². The van der Waals surface area contributed by atoms with Crippen molar-refractivity contribution in [1.82, 2.24) is 5.16 Å². The van der Waals surface area contributed by atoms with E-state index in [9.17, 15) is 0 Å². The van der Waals surface area contributed by atoms with Crippen LogP contribution in [0.4, 0.5) is 5.82 Å². The molecule has 0 aliphatic carbocycles. The molecule has 0 atom stereocenters. The molecule has 3 heteroatoms. The maximum Gasteiger partial charge on any atom is 0.174 e. The molecule has 1 aromatic carbocycles. The maximum atomic E-state index is 5.56. The van der Waals surface area contributed by atoms with Crippen molar-refractivity contribution in [2.24, 2.45) is 0 Å². The fourth-order valence-corrected chi connectivity index (χ4v) is 1.22. The summed E-state index contributed by atoms with van der Waals surface area (Å²) in [6.07, 6.45) is 0.997. The van der Waals surface area contributed by atoms with Crippen LogP contribution < -0.4 is 5.73 Å². The van der Waals surface area contributed by atoms with Gasteiger partial charge in [0.1, 0.15) is 0 Å². The zero-order valence-corrected chi connectivity index (χ0v) is 6.87. The summed E-state index contributed by atoms with van der Waals surface area (Å²) < 4.78 is 5.02. The molecule has 0 aliphatic rings. The predicted octanol–water partition coefficient (Wildman–Crippen LogP) is 1.97. The SMILES string of the molecule is CCc1ccc2c(N)noc2c1. The molecule has 2 N–H and O–H groups in total. The molecule has 0 saturated carbocycles. The van der Waals surface area contributed by atoms with Crippen molar-refractivity contribution in [2.45, 2.75) is 13.3 Å². The lowest BCUT2D eigenvalue weighted by Gasteiger charge is -1.93. The molecule has 0 bridgehead atoms. The topological polar surface area (TPSA) is 52.0 Å². The van der Waals surface area contributed by atoms with E-state index in [-0.39, 0.29) is 0 Å². The van der Waals surface area contributed by atoms with E-state index in [4.69, 9.17) is 10.3 Å². The molecule has 12 heavy (non-hydrogen) atoms. The van der Waals surface area contributed by atoms with Gasteiger partial charge in [0, 0.05) is 0 Å². The molecule has 0 unspecified atom stereocenters. The standard InChI is InChI=1S/C9H10N2O/c1-2-6-3-4-7-8(5-6)12-11-9(7)10/h3-5H,2H2,1H3,(H2,10,11). The van der Waals surface area contributed by atoms with Gasteiger partial charge in [-0.2, -0.15) is 0 Å². The van der Waals surface area contributed by atoms with Gasteiger partial charge in [-0.25, -0.2) is 0 Å². The quantitative estimate of drug-likeness (QED) is 0.697. The number of fused-ring (bicyclic) bond motifs is 1. The summed E-state index contributed by atoms with van der Waals surface area (Å²) >= 11 is 0. The van der Waals surface area contributed by atoms with Crippen LogP contribution in [0.5, 0.6) is 0 Å². The monoisotopic (exact) mass is 162 g/mol. The third-order valence-corrected chi connectivity index (χ3v) is 1.97. The third-order valence-electron chi connectivity index (χ3n) is 1.97. The second kappa shape index (κ2) is 2.52. The number of rotatable bonds is 1. The number of aromatic nitrogens is 1. The first-order valence-corrected chi connectivity index (χ1v) is 3.95. The molecule has 0 amide bonds. The van der Waals surface area contributed by atoms with Crippen molar-refractivity contribution in [3.8, 4) is 0 Å². The van der Waals surface area contributed by atoms with E-state index >= 15 is 0 Å². The van der Waals surface area contributed by atoms with Crippen molar-refractivity contribution in [2.75, 3.05) is 5.73 Å². The van der Waals surface area contributed by atoms with E-state index in [2.05, 4.69) is 12.1 Å². The minimum atomic E-state index is 0.465. The first-order valence-electron chi connectivity index (χ1n) is 3.95. The van der Waals surface area contributed by atoms with Gasteiger partial charge in [-0.05, 0) is 24.1 Å². The van der Waals surface area contributed by atoms with E-state index in [0.29, 0.717) is 5.82 Å². The molecular formula is C9H10N2O. The lowest BCUT2D eigenvalue weighted by molar-refractivity contribution is 0.460. The van der Waals surface area contributed by atoms with Crippen molar-refractivity contribution in [1.29, 1.82) is 0 Å². The number of nitrogens with zero attached hydrogens (tertiary/aromatic N) is 1. The molecule has 0 radical (unpaired) electrons. The molecule has 1 aromatic heterocycles. The molecule has 1 heterocycles. The minimum Gasteiger partial charge on any atom is -0.380 e. The normalized spacial score (nSPS) is 10.8. The summed E-state index contributed by atoms with van der Waals surface area (Å²) in [7, 11) is 0. The number of anilines is 1. The van der Waals surface area contributed by atoms with E-state index in [1.807, 2.05) is 18.2 Å². The Bertz CT molecular complexity index is 406. The number of nitrogens with two attached hydrogens (primary N) is 1. The van der Waals surface area contributed by atoms with Crippen LogP contribution in [0, 0.1) is 0 Å². The molecule has 0 spiro atoms. The highest BCUT2D eigenvalue weighted by molar-refractivity contribution is 5.87. The van der Waals surface area contributed by atoms with E-state index < -0.39 is 0 Å². The number of aryl methyl sites for hydroxylation is 1. The van der Waals surface area contributed by atoms with Gasteiger partial charge in [0.05, 0.1) is 5.39 Å². The number of benzene rings is 1. The van der Waals surface area contributed by atoms with Gasteiger partial charge in [0.2, 0.25) is 0 Å². The van der Waals surface area contributed by atoms with Crippen LogP contribution >= 0.6 is 0 Å². The van der Waals surface area contributed by atoms with Gasteiger partial charge in [0.25, 0.3) is 0 Å². The van der Waals surface area contributed by atoms with Crippen molar-refractivity contribution in [3.63, 3.8) is 0 Å². The largest absolute Gasteiger partial charge is 0.380 e. The van der Waals surface area contributed by atoms with Crippen LogP contribution in [0.2, 0.25) is 0 Å². The summed E-state index contributed by atoms with van der Waals surface area (Å²) in [5.74, 6) is 0.465. The Balaban J connectivity index is 2.69. The highest BCUT2D eigenvalue weighted by Crippen LogP contribution is 2.21. The fourth-order valence-electron chi connectivity index (χ4n) is 1.22. The Labute approximate surface area is 70.1 Å². The Kier molecular flexibility index (Phi) is 1.50. The maximum absolute atomic E-state index is 5.56. The lowest BCUT2D eigenvalue weighted by atomic mass is 10.1. The van der Waals surface area contributed by atoms with Crippen LogP contribution in [0.15, 0.2) is 22.7 Å². The predicted molar refractivity (Wildman–Crippen MR) is 47.8 cm³/mol. The Morgan fingerprint density at radius 3 is 3.08 bits per heavy atom. The number of nitrogen functional groups attached to an aromatic ring is 1. The zero-order chi connectivity index (χ0) is 8.55. The second-order valence-electron chi connectivity index (χ2n) is 2.75. The van der Waals surface area contributed by atoms with Gasteiger partial charge in [0.15, 0.2) is 11.4 Å². The summed E-state index contributed by atoms with van der Waals surface area (Å²) in [5, 5.41) is 4.57. The second-order valence-corrected chi connectivity index (χ2v) is 2.75. The molecular weight excluding hydrogens is 152 g/mol. The van der Waals surface area contributed by atoms with Gasteiger partial charge in [-0.3, -0.25) is 0 Å². The van der Waals surface area contributed by atoms with Crippen LogP contribution in [-0.2, 0) is 6.42 Å². The van der Waals surface area contributed by atoms with Gasteiger partial charge >= 0.3 is 0 Å². The molecule has 0 saturated heterocycles. The van der Waals surface area contributed by atoms with Crippen LogP contribution in [-0.4, -0.2) is 5.16 Å². The Morgan fingerprint density at radius 2 is 2.33 bits per heavy atom. The Morgan fingerprint density at radius 1 is 1.50 bits per heavy atom. The molecule has 2 aromatic rings. The molecule has 62 valence electrons. The van der Waals surface area contributed by atoms with E-state index in [1.54, 1.807) is 0 Å². The van der Waals surface area contributed by atoms with Crippen LogP contribution in [0.25, 0.3) is 11.0 Å². The first-order chi connectivity index (χ1) is 5.81. The summed E-state index contributed by atoms with van der Waals surface area (Å²) in [5.41, 5.74) is 7.57. The number of hydrogen-bond acceptors (Lipinski definition) is 3. The van der Waals surface area contributed by atoms with E-state index in [0.717, 1.165) is 17.4 Å². The van der Waals surface area contributed by atoms with E-state index in [1.165, 1.54) is 5.56 Å². The third kappa shape index (κ3) is 0.942. The number of hydrogen-bond donors (Lipinski definition) is 1. The van der Waals surface area contributed by atoms with Crippen LogP contribution in [0.3, 0.4) is 0 Å². The van der Waals surface area contributed by atoms with Crippen molar-refractivity contribution < 1.29 is 4.52 Å². The smallest absolute Gasteiger partial charge is 0.174 e. The lowest BCUT2D eigenvalue weighted by Crippen LogP contribution is -1.83.